The summed E-state index contributed by atoms with van der Waals surface area (Å²) >= 11 is 0. The minimum absolute atomic E-state index is 0.000586. The molecule has 1 amide bonds. The highest BCUT2D eigenvalue weighted by atomic mass is 32.2. The lowest BCUT2D eigenvalue weighted by Crippen LogP contribution is -2.25. The van der Waals surface area contributed by atoms with Gasteiger partial charge in [0.1, 0.15) is 0 Å². The number of nitrogens with zero attached hydrogens (tertiary/aromatic N) is 1. The molecule has 0 fully saturated rings. The summed E-state index contributed by atoms with van der Waals surface area (Å²) in [5.41, 5.74) is 1.71. The van der Waals surface area contributed by atoms with E-state index in [0.29, 0.717) is 24.3 Å². The van der Waals surface area contributed by atoms with Crippen LogP contribution in [0.2, 0.25) is 0 Å². The second kappa shape index (κ2) is 5.90. The van der Waals surface area contributed by atoms with Gasteiger partial charge in [0.15, 0.2) is 9.84 Å². The predicted octanol–water partition coefficient (Wildman–Crippen LogP) is 0.650. The van der Waals surface area contributed by atoms with Crippen molar-refractivity contribution in [1.29, 1.82) is 0 Å². The van der Waals surface area contributed by atoms with Crippen molar-refractivity contribution in [1.82, 2.24) is 0 Å². The van der Waals surface area contributed by atoms with Crippen LogP contribution in [0.15, 0.2) is 23.1 Å². The van der Waals surface area contributed by atoms with Crippen molar-refractivity contribution >= 4 is 21.4 Å². The van der Waals surface area contributed by atoms with Gasteiger partial charge in [-0.05, 0) is 36.6 Å². The van der Waals surface area contributed by atoms with E-state index in [1.54, 1.807) is 23.1 Å². The first-order chi connectivity index (χ1) is 9.45. The summed E-state index contributed by atoms with van der Waals surface area (Å²) in [6.07, 6.45) is 1.04. The van der Waals surface area contributed by atoms with Gasteiger partial charge in [0, 0.05) is 19.2 Å². The van der Waals surface area contributed by atoms with Crippen LogP contribution in [0.5, 0.6) is 0 Å². The number of carbonyl (C=O) groups is 1. The third-order valence-electron chi connectivity index (χ3n) is 3.36. The van der Waals surface area contributed by atoms with Crippen LogP contribution in [0, 0.1) is 0 Å². The van der Waals surface area contributed by atoms with E-state index in [2.05, 4.69) is 4.84 Å². The lowest BCUT2D eigenvalue weighted by atomic mass is 10.2. The molecule has 1 heterocycles. The molecule has 0 bridgehead atoms. The Balaban J connectivity index is 2.22. The van der Waals surface area contributed by atoms with Gasteiger partial charge in [-0.3, -0.25) is 4.79 Å². The topological polar surface area (TPSA) is 89.7 Å². The molecule has 0 aromatic heterocycles. The molecule has 20 heavy (non-hydrogen) atoms. The van der Waals surface area contributed by atoms with Gasteiger partial charge in [0.25, 0.3) is 0 Å². The molecule has 1 aromatic carbocycles. The Morgan fingerprint density at radius 3 is 2.85 bits per heavy atom. The lowest BCUT2D eigenvalue weighted by molar-refractivity contribution is -0.116. The maximum absolute atomic E-state index is 12.1. The number of amides is 1. The van der Waals surface area contributed by atoms with Crippen LogP contribution >= 0.6 is 0 Å². The average molecular weight is 298 g/mol. The number of fused-ring (bicyclic) bond motifs is 1. The monoisotopic (exact) mass is 298 g/mol. The summed E-state index contributed by atoms with van der Waals surface area (Å²) in [6.45, 7) is 2.32. The van der Waals surface area contributed by atoms with Gasteiger partial charge in [-0.1, -0.05) is 0 Å². The number of nitrogens with two attached hydrogens (primary N) is 1. The molecular weight excluding hydrogens is 280 g/mol. The highest BCUT2D eigenvalue weighted by molar-refractivity contribution is 7.91. The first-order valence-electron chi connectivity index (χ1n) is 6.41. The molecule has 0 spiro atoms. The fourth-order valence-corrected chi connectivity index (χ4v) is 3.68. The van der Waals surface area contributed by atoms with Crippen LogP contribution in [-0.2, 0) is 25.9 Å². The van der Waals surface area contributed by atoms with Gasteiger partial charge >= 0.3 is 0 Å². The quantitative estimate of drug-likeness (QED) is 0.637. The minimum atomic E-state index is -3.33. The molecule has 0 saturated carbocycles. The predicted molar refractivity (Wildman–Crippen MR) is 75.0 cm³/mol. The molecule has 0 aliphatic carbocycles. The van der Waals surface area contributed by atoms with Crippen LogP contribution in [0.4, 0.5) is 5.69 Å². The van der Waals surface area contributed by atoms with Gasteiger partial charge in [0.05, 0.1) is 17.3 Å². The number of benzene rings is 1. The summed E-state index contributed by atoms with van der Waals surface area (Å²) in [5.74, 6) is 4.85. The molecule has 1 aromatic rings. The van der Waals surface area contributed by atoms with E-state index < -0.39 is 9.84 Å². The molecule has 6 nitrogen and oxygen atoms in total. The fraction of sp³-hybridized carbons (Fsp3) is 0.462. The number of hydrogen-bond donors (Lipinski definition) is 1. The van der Waals surface area contributed by atoms with Crippen LogP contribution in [0.1, 0.15) is 18.9 Å². The third kappa shape index (κ3) is 3.00. The zero-order valence-corrected chi connectivity index (χ0v) is 12.1. The maximum atomic E-state index is 12.1. The third-order valence-corrected chi connectivity index (χ3v) is 5.16. The molecular formula is C13H18N2O4S. The van der Waals surface area contributed by atoms with Gasteiger partial charge in [-0.25, -0.2) is 14.3 Å². The normalized spacial score (nSPS) is 14.4. The van der Waals surface area contributed by atoms with Crippen LogP contribution in [0.25, 0.3) is 0 Å². The van der Waals surface area contributed by atoms with Gasteiger partial charge in [0.2, 0.25) is 5.91 Å². The number of carbonyl (C=O) groups excluding carboxylic acids is 1. The van der Waals surface area contributed by atoms with Crippen molar-refractivity contribution in [3.63, 3.8) is 0 Å². The molecule has 2 N–H and O–H groups in total. The Hall–Kier alpha value is -1.44. The summed E-state index contributed by atoms with van der Waals surface area (Å²) < 4.78 is 24.3. The fourth-order valence-electron chi connectivity index (χ4n) is 2.35. The second-order valence-electron chi connectivity index (χ2n) is 4.75. The standard InChI is InChI=1S/C13H18N2O4S/c1-10(16)15-6-5-11-9-12(3-4-13(11)15)20(17,18)8-2-7-19-14/h3-4,9H,2,5-8,14H2,1H3. The van der Waals surface area contributed by atoms with Gasteiger partial charge in [-0.2, -0.15) is 0 Å². The molecule has 110 valence electrons. The zero-order chi connectivity index (χ0) is 14.8. The Bertz CT molecular complexity index is 613. The van der Waals surface area contributed by atoms with Gasteiger partial charge < -0.3 is 9.74 Å². The van der Waals surface area contributed by atoms with Crippen molar-refractivity contribution < 1.29 is 18.0 Å². The largest absolute Gasteiger partial charge is 0.312 e. The Kier molecular flexibility index (Phi) is 4.42. The van der Waals surface area contributed by atoms with Crippen molar-refractivity contribution in [3.05, 3.63) is 23.8 Å². The van der Waals surface area contributed by atoms with E-state index in [9.17, 15) is 13.2 Å². The van der Waals surface area contributed by atoms with E-state index >= 15 is 0 Å². The molecule has 0 saturated heterocycles. The van der Waals surface area contributed by atoms with E-state index in [0.717, 1.165) is 11.3 Å². The molecule has 7 heteroatoms. The van der Waals surface area contributed by atoms with Crippen LogP contribution in [0.3, 0.4) is 0 Å². The number of anilines is 1. The highest BCUT2D eigenvalue weighted by Crippen LogP contribution is 2.30. The number of hydrogen-bond acceptors (Lipinski definition) is 5. The summed E-state index contributed by atoms with van der Waals surface area (Å²) in [7, 11) is -3.33. The first kappa shape index (κ1) is 15.0. The van der Waals surface area contributed by atoms with Gasteiger partial charge in [-0.15, -0.1) is 0 Å². The second-order valence-corrected chi connectivity index (χ2v) is 6.86. The molecule has 1 aliphatic rings. The Morgan fingerprint density at radius 1 is 1.45 bits per heavy atom. The van der Waals surface area contributed by atoms with Crippen LogP contribution < -0.4 is 10.8 Å². The van der Waals surface area contributed by atoms with E-state index in [1.807, 2.05) is 0 Å². The summed E-state index contributed by atoms with van der Waals surface area (Å²) in [5, 5.41) is 0. The molecule has 0 radical (unpaired) electrons. The molecule has 2 rings (SSSR count). The number of rotatable bonds is 5. The Morgan fingerprint density at radius 2 is 2.20 bits per heavy atom. The average Bonchev–Trinajstić information content (AvgIpc) is 2.81. The first-order valence-corrected chi connectivity index (χ1v) is 8.06. The van der Waals surface area contributed by atoms with E-state index in [-0.39, 0.29) is 18.3 Å². The smallest absolute Gasteiger partial charge is 0.223 e. The number of sulfone groups is 1. The summed E-state index contributed by atoms with van der Waals surface area (Å²) in [6, 6.07) is 4.92. The Labute approximate surface area is 118 Å². The molecule has 0 atom stereocenters. The highest BCUT2D eigenvalue weighted by Gasteiger charge is 2.24. The maximum Gasteiger partial charge on any atom is 0.223 e. The van der Waals surface area contributed by atoms with Crippen molar-refractivity contribution in [3.8, 4) is 0 Å². The SMILES string of the molecule is CC(=O)N1CCc2cc(S(=O)(=O)CCCON)ccc21. The van der Waals surface area contributed by atoms with E-state index in [4.69, 9.17) is 5.90 Å². The summed E-state index contributed by atoms with van der Waals surface area (Å²) in [4.78, 5) is 17.8. The molecule has 1 aliphatic heterocycles. The minimum Gasteiger partial charge on any atom is -0.312 e. The molecule has 0 unspecified atom stereocenters. The zero-order valence-electron chi connectivity index (χ0n) is 11.3. The van der Waals surface area contributed by atoms with Crippen LogP contribution in [-0.4, -0.2) is 33.2 Å². The van der Waals surface area contributed by atoms with Crippen molar-refractivity contribution in [2.75, 3.05) is 23.8 Å². The van der Waals surface area contributed by atoms with Crippen molar-refractivity contribution in [2.24, 2.45) is 5.90 Å². The van der Waals surface area contributed by atoms with E-state index in [1.165, 1.54) is 6.92 Å². The lowest BCUT2D eigenvalue weighted by Gasteiger charge is -2.14. The van der Waals surface area contributed by atoms with Crippen molar-refractivity contribution in [2.45, 2.75) is 24.7 Å².